The van der Waals surface area contributed by atoms with Crippen LogP contribution in [-0.4, -0.2) is 26.1 Å². The molecule has 0 aliphatic rings. The first kappa shape index (κ1) is 18.9. The SMILES string of the molecule is CCCc1ccn(Cn2c(CCSC)nc3cc(C(F)(F)F)ccc32)c1. The standard InChI is InChI=1S/C19H22F3N3S/c1-3-4-14-7-9-24(12-14)13-25-17-6-5-15(19(20,21)22)11-16(17)23-18(25)8-10-26-2/h5-7,9,11-12H,3-4,8,10,13H2,1-2H3. The quantitative estimate of drug-likeness (QED) is 0.560. The number of hydrogen-bond donors (Lipinski definition) is 0. The first-order valence-electron chi connectivity index (χ1n) is 8.62. The normalized spacial score (nSPS) is 12.2. The van der Waals surface area contributed by atoms with Crippen molar-refractivity contribution in [3.8, 4) is 0 Å². The van der Waals surface area contributed by atoms with Crippen LogP contribution in [0.5, 0.6) is 0 Å². The molecule has 0 amide bonds. The van der Waals surface area contributed by atoms with Crippen LogP contribution < -0.4 is 0 Å². The summed E-state index contributed by atoms with van der Waals surface area (Å²) in [7, 11) is 0. The molecule has 0 fully saturated rings. The van der Waals surface area contributed by atoms with Crippen molar-refractivity contribution in [1.29, 1.82) is 0 Å². The highest BCUT2D eigenvalue weighted by Gasteiger charge is 2.31. The van der Waals surface area contributed by atoms with Gasteiger partial charge in [0, 0.05) is 24.6 Å². The van der Waals surface area contributed by atoms with Gasteiger partial charge >= 0.3 is 6.18 Å². The molecule has 2 aromatic heterocycles. The maximum atomic E-state index is 13.0. The topological polar surface area (TPSA) is 22.8 Å². The van der Waals surface area contributed by atoms with E-state index < -0.39 is 11.7 Å². The predicted octanol–water partition coefficient (Wildman–Crippen LogP) is 5.22. The minimum absolute atomic E-state index is 0.400. The highest BCUT2D eigenvalue weighted by atomic mass is 32.2. The lowest BCUT2D eigenvalue weighted by Crippen LogP contribution is -2.11. The second-order valence-corrected chi connectivity index (χ2v) is 7.31. The zero-order valence-electron chi connectivity index (χ0n) is 14.9. The van der Waals surface area contributed by atoms with Crippen molar-refractivity contribution in [3.05, 3.63) is 53.6 Å². The molecule has 2 heterocycles. The van der Waals surface area contributed by atoms with Gasteiger partial charge in [-0.15, -0.1) is 0 Å². The maximum Gasteiger partial charge on any atom is 0.416 e. The number of halogens is 3. The van der Waals surface area contributed by atoms with Crippen LogP contribution in [0.15, 0.2) is 36.7 Å². The number of nitrogens with zero attached hydrogens (tertiary/aromatic N) is 3. The van der Waals surface area contributed by atoms with E-state index in [1.807, 2.05) is 17.0 Å². The van der Waals surface area contributed by atoms with Crippen LogP contribution in [-0.2, 0) is 25.7 Å². The molecule has 0 bridgehead atoms. The monoisotopic (exact) mass is 381 g/mol. The summed E-state index contributed by atoms with van der Waals surface area (Å²) in [5, 5.41) is 0. The Balaban J connectivity index is 1.99. The van der Waals surface area contributed by atoms with Gasteiger partial charge in [-0.2, -0.15) is 24.9 Å². The van der Waals surface area contributed by atoms with Crippen LogP contribution in [0.4, 0.5) is 13.2 Å². The van der Waals surface area contributed by atoms with E-state index >= 15 is 0 Å². The number of aryl methyl sites for hydroxylation is 2. The third-order valence-corrected chi connectivity index (χ3v) is 4.95. The largest absolute Gasteiger partial charge is 0.416 e. The molecule has 26 heavy (non-hydrogen) atoms. The summed E-state index contributed by atoms with van der Waals surface area (Å²) < 4.78 is 43.1. The molecule has 0 N–H and O–H groups in total. The molecular weight excluding hydrogens is 359 g/mol. The Kier molecular flexibility index (Phi) is 5.65. The summed E-state index contributed by atoms with van der Waals surface area (Å²) in [6.45, 7) is 2.69. The zero-order chi connectivity index (χ0) is 18.7. The molecule has 0 saturated carbocycles. The fraction of sp³-hybridized carbons (Fsp3) is 0.421. The summed E-state index contributed by atoms with van der Waals surface area (Å²) in [6, 6.07) is 5.90. The number of imidazole rings is 1. The van der Waals surface area contributed by atoms with Crippen LogP contribution in [0.3, 0.4) is 0 Å². The van der Waals surface area contributed by atoms with E-state index in [0.717, 1.165) is 48.5 Å². The Hall–Kier alpha value is -1.89. The van der Waals surface area contributed by atoms with Crippen LogP contribution in [0, 0.1) is 0 Å². The van der Waals surface area contributed by atoms with E-state index in [-0.39, 0.29) is 0 Å². The lowest BCUT2D eigenvalue weighted by molar-refractivity contribution is -0.137. The van der Waals surface area contributed by atoms with E-state index in [4.69, 9.17) is 0 Å². The summed E-state index contributed by atoms with van der Waals surface area (Å²) in [6.07, 6.45) is 4.59. The molecular formula is C19H22F3N3S. The smallest absolute Gasteiger partial charge is 0.336 e. The van der Waals surface area contributed by atoms with Crippen molar-refractivity contribution < 1.29 is 13.2 Å². The molecule has 0 saturated heterocycles. The van der Waals surface area contributed by atoms with Gasteiger partial charge in [0.15, 0.2) is 0 Å². The van der Waals surface area contributed by atoms with E-state index in [1.165, 1.54) is 11.6 Å². The van der Waals surface area contributed by atoms with Crippen molar-refractivity contribution in [2.75, 3.05) is 12.0 Å². The van der Waals surface area contributed by atoms with Gasteiger partial charge in [-0.05, 0) is 42.5 Å². The molecule has 0 aliphatic carbocycles. The Morgan fingerprint density at radius 3 is 2.65 bits per heavy atom. The Bertz CT molecular complexity index is 880. The van der Waals surface area contributed by atoms with Crippen molar-refractivity contribution in [2.45, 2.75) is 39.0 Å². The number of rotatable bonds is 7. The van der Waals surface area contributed by atoms with Crippen LogP contribution in [0.2, 0.25) is 0 Å². The summed E-state index contributed by atoms with van der Waals surface area (Å²) >= 11 is 1.70. The number of alkyl halides is 3. The second-order valence-electron chi connectivity index (χ2n) is 6.33. The predicted molar refractivity (Wildman–Crippen MR) is 101 cm³/mol. The molecule has 0 radical (unpaired) electrons. The number of hydrogen-bond acceptors (Lipinski definition) is 2. The molecule has 0 spiro atoms. The molecule has 7 heteroatoms. The highest BCUT2D eigenvalue weighted by molar-refractivity contribution is 7.98. The van der Waals surface area contributed by atoms with Gasteiger partial charge in [0.05, 0.1) is 16.6 Å². The minimum atomic E-state index is -4.35. The van der Waals surface area contributed by atoms with E-state index in [2.05, 4.69) is 28.7 Å². The minimum Gasteiger partial charge on any atom is -0.336 e. The third kappa shape index (κ3) is 4.09. The van der Waals surface area contributed by atoms with E-state index in [9.17, 15) is 13.2 Å². The molecule has 0 atom stereocenters. The summed E-state index contributed by atoms with van der Waals surface area (Å²) in [4.78, 5) is 4.50. The molecule has 0 aliphatic heterocycles. The molecule has 3 aromatic rings. The van der Waals surface area contributed by atoms with E-state index in [0.29, 0.717) is 12.2 Å². The Labute approximate surface area is 155 Å². The molecule has 0 unspecified atom stereocenters. The van der Waals surface area contributed by atoms with Gasteiger partial charge in [-0.25, -0.2) is 4.98 Å². The first-order chi connectivity index (χ1) is 12.4. The van der Waals surface area contributed by atoms with Crippen LogP contribution in [0.25, 0.3) is 11.0 Å². The highest BCUT2D eigenvalue weighted by Crippen LogP contribution is 2.31. The number of thioether (sulfide) groups is 1. The molecule has 3 rings (SSSR count). The number of fused-ring (bicyclic) bond motifs is 1. The molecule has 3 nitrogen and oxygen atoms in total. The van der Waals surface area contributed by atoms with Gasteiger partial charge in [0.1, 0.15) is 12.5 Å². The average molecular weight is 381 g/mol. The van der Waals surface area contributed by atoms with E-state index in [1.54, 1.807) is 11.8 Å². The lowest BCUT2D eigenvalue weighted by Gasteiger charge is -2.11. The van der Waals surface area contributed by atoms with Gasteiger partial charge in [0.25, 0.3) is 0 Å². The summed E-state index contributed by atoms with van der Waals surface area (Å²) in [5.41, 5.74) is 1.75. The Morgan fingerprint density at radius 2 is 1.96 bits per heavy atom. The van der Waals surface area contributed by atoms with Gasteiger partial charge < -0.3 is 9.13 Å². The van der Waals surface area contributed by atoms with Crippen LogP contribution in [0.1, 0.15) is 30.3 Å². The van der Waals surface area contributed by atoms with Crippen molar-refractivity contribution >= 4 is 22.8 Å². The van der Waals surface area contributed by atoms with Gasteiger partial charge in [-0.3, -0.25) is 0 Å². The fourth-order valence-electron chi connectivity index (χ4n) is 3.08. The first-order valence-corrected chi connectivity index (χ1v) is 10.0. The van der Waals surface area contributed by atoms with Crippen LogP contribution >= 0.6 is 11.8 Å². The fourth-order valence-corrected chi connectivity index (χ4v) is 3.46. The van der Waals surface area contributed by atoms with Crippen molar-refractivity contribution in [3.63, 3.8) is 0 Å². The summed E-state index contributed by atoms with van der Waals surface area (Å²) in [5.74, 6) is 1.70. The van der Waals surface area contributed by atoms with Gasteiger partial charge in [-0.1, -0.05) is 13.3 Å². The molecule has 1 aromatic carbocycles. The average Bonchev–Trinajstić information content (AvgIpc) is 3.17. The zero-order valence-corrected chi connectivity index (χ0v) is 15.7. The van der Waals surface area contributed by atoms with Crippen molar-refractivity contribution in [1.82, 2.24) is 14.1 Å². The second kappa shape index (κ2) is 7.78. The molecule has 140 valence electrons. The number of benzene rings is 1. The maximum absolute atomic E-state index is 13.0. The van der Waals surface area contributed by atoms with Crippen molar-refractivity contribution in [2.24, 2.45) is 0 Å². The Morgan fingerprint density at radius 1 is 1.15 bits per heavy atom. The van der Waals surface area contributed by atoms with Gasteiger partial charge in [0.2, 0.25) is 0 Å². The number of aromatic nitrogens is 3. The lowest BCUT2D eigenvalue weighted by atomic mass is 10.2. The third-order valence-electron chi connectivity index (χ3n) is 4.34.